The average molecular weight is 310 g/mol. The first kappa shape index (κ1) is 14.1. The maximum atomic E-state index is 3.77. The summed E-state index contributed by atoms with van der Waals surface area (Å²) in [5.41, 5.74) is 3.34. The summed E-state index contributed by atoms with van der Waals surface area (Å²) in [6.07, 6.45) is 2.42. The molecule has 18 heavy (non-hydrogen) atoms. The van der Waals surface area contributed by atoms with Crippen molar-refractivity contribution in [3.63, 3.8) is 0 Å². The second-order valence-corrected chi connectivity index (χ2v) is 7.28. The second-order valence-electron chi connectivity index (χ2n) is 6.42. The summed E-state index contributed by atoms with van der Waals surface area (Å²) in [4.78, 5) is 0. The summed E-state index contributed by atoms with van der Waals surface area (Å²) in [7, 11) is 0. The van der Waals surface area contributed by atoms with Crippen LogP contribution in [-0.2, 0) is 6.42 Å². The van der Waals surface area contributed by atoms with Gasteiger partial charge >= 0.3 is 0 Å². The molecule has 1 aliphatic carbocycles. The summed E-state index contributed by atoms with van der Waals surface area (Å²) in [5, 5.41) is 3.77. The Balaban J connectivity index is 2.05. The number of hydrogen-bond acceptors (Lipinski definition) is 1. The normalized spacial score (nSPS) is 19.3. The maximum absolute atomic E-state index is 3.77. The van der Waals surface area contributed by atoms with Gasteiger partial charge < -0.3 is 5.32 Å². The molecule has 100 valence electrons. The van der Waals surface area contributed by atoms with Gasteiger partial charge in [0.05, 0.1) is 0 Å². The molecule has 1 atom stereocenters. The van der Waals surface area contributed by atoms with Crippen LogP contribution in [0.4, 0.5) is 0 Å². The zero-order valence-electron chi connectivity index (χ0n) is 11.9. The Labute approximate surface area is 119 Å². The highest BCUT2D eigenvalue weighted by molar-refractivity contribution is 9.10. The Morgan fingerprint density at radius 1 is 1.39 bits per heavy atom. The first-order chi connectivity index (χ1) is 8.42. The standard InChI is InChI=1S/C16H24BrN/c1-11(2)16(3,4)10-18-15-9-8-12-13(15)6-5-7-14(12)17/h5-7,11,15,18H,8-10H2,1-4H3. The van der Waals surface area contributed by atoms with E-state index in [4.69, 9.17) is 0 Å². The van der Waals surface area contributed by atoms with Crippen molar-refractivity contribution in [2.45, 2.75) is 46.6 Å². The third-order valence-corrected chi connectivity index (χ3v) is 5.32. The lowest BCUT2D eigenvalue weighted by Crippen LogP contribution is -2.35. The van der Waals surface area contributed by atoms with E-state index in [0.717, 1.165) is 6.54 Å². The van der Waals surface area contributed by atoms with Crippen molar-refractivity contribution in [1.29, 1.82) is 0 Å². The lowest BCUT2D eigenvalue weighted by Gasteiger charge is -2.31. The second kappa shape index (κ2) is 5.34. The molecule has 0 fully saturated rings. The number of halogens is 1. The monoisotopic (exact) mass is 309 g/mol. The molecule has 2 rings (SSSR count). The van der Waals surface area contributed by atoms with Crippen LogP contribution in [0.2, 0.25) is 0 Å². The van der Waals surface area contributed by atoms with Gasteiger partial charge in [0, 0.05) is 17.1 Å². The van der Waals surface area contributed by atoms with Crippen LogP contribution in [-0.4, -0.2) is 6.54 Å². The van der Waals surface area contributed by atoms with Crippen LogP contribution in [0.5, 0.6) is 0 Å². The summed E-state index contributed by atoms with van der Waals surface area (Å²) in [6, 6.07) is 7.11. The summed E-state index contributed by atoms with van der Waals surface area (Å²) >= 11 is 3.66. The number of fused-ring (bicyclic) bond motifs is 1. The lowest BCUT2D eigenvalue weighted by molar-refractivity contribution is 0.228. The Morgan fingerprint density at radius 2 is 2.11 bits per heavy atom. The fourth-order valence-corrected chi connectivity index (χ4v) is 2.99. The summed E-state index contributed by atoms with van der Waals surface area (Å²) in [5.74, 6) is 0.702. The molecular formula is C16H24BrN. The van der Waals surface area contributed by atoms with E-state index in [1.54, 1.807) is 0 Å². The average Bonchev–Trinajstić information content (AvgIpc) is 2.71. The van der Waals surface area contributed by atoms with Gasteiger partial charge in [0.25, 0.3) is 0 Å². The van der Waals surface area contributed by atoms with Crippen LogP contribution in [0.3, 0.4) is 0 Å². The minimum atomic E-state index is 0.356. The van der Waals surface area contributed by atoms with Crippen molar-refractivity contribution in [3.8, 4) is 0 Å². The highest BCUT2D eigenvalue weighted by Gasteiger charge is 2.27. The predicted molar refractivity (Wildman–Crippen MR) is 81.8 cm³/mol. The summed E-state index contributed by atoms with van der Waals surface area (Å²) < 4.78 is 1.27. The van der Waals surface area contributed by atoms with Crippen LogP contribution in [0, 0.1) is 11.3 Å². The number of nitrogens with one attached hydrogen (secondary N) is 1. The number of hydrogen-bond donors (Lipinski definition) is 1. The van der Waals surface area contributed by atoms with Crippen LogP contribution in [0.25, 0.3) is 0 Å². The molecule has 0 spiro atoms. The molecule has 0 radical (unpaired) electrons. The van der Waals surface area contributed by atoms with Gasteiger partial charge in [0.1, 0.15) is 0 Å². The minimum Gasteiger partial charge on any atom is -0.309 e. The van der Waals surface area contributed by atoms with E-state index < -0.39 is 0 Å². The molecule has 0 saturated carbocycles. The molecule has 0 aliphatic heterocycles. The van der Waals surface area contributed by atoms with Crippen molar-refractivity contribution in [2.75, 3.05) is 6.54 Å². The van der Waals surface area contributed by atoms with Gasteiger partial charge in [-0.05, 0) is 41.4 Å². The maximum Gasteiger partial charge on any atom is 0.0326 e. The third-order valence-electron chi connectivity index (χ3n) is 4.58. The van der Waals surface area contributed by atoms with E-state index in [1.165, 1.54) is 28.4 Å². The van der Waals surface area contributed by atoms with Crippen molar-refractivity contribution in [3.05, 3.63) is 33.8 Å². The molecule has 2 heteroatoms. The smallest absolute Gasteiger partial charge is 0.0326 e. The number of benzene rings is 1. The van der Waals surface area contributed by atoms with Crippen LogP contribution < -0.4 is 5.32 Å². The van der Waals surface area contributed by atoms with E-state index in [1.807, 2.05) is 0 Å². The molecule has 0 saturated heterocycles. The van der Waals surface area contributed by atoms with E-state index >= 15 is 0 Å². The quantitative estimate of drug-likeness (QED) is 0.849. The molecule has 1 unspecified atom stereocenters. The molecule has 1 aromatic rings. The van der Waals surface area contributed by atoms with Crippen LogP contribution in [0.1, 0.15) is 51.3 Å². The molecule has 0 aromatic heterocycles. The molecule has 1 aliphatic rings. The van der Waals surface area contributed by atoms with E-state index in [0.29, 0.717) is 17.4 Å². The zero-order valence-corrected chi connectivity index (χ0v) is 13.5. The predicted octanol–water partition coefficient (Wildman–Crippen LogP) is 4.71. The van der Waals surface area contributed by atoms with Crippen LogP contribution in [0.15, 0.2) is 22.7 Å². The van der Waals surface area contributed by atoms with E-state index in [2.05, 4.69) is 67.1 Å². The fraction of sp³-hybridized carbons (Fsp3) is 0.625. The van der Waals surface area contributed by atoms with Gasteiger partial charge in [-0.25, -0.2) is 0 Å². The van der Waals surface area contributed by atoms with Crippen LogP contribution >= 0.6 is 15.9 Å². The topological polar surface area (TPSA) is 12.0 Å². The first-order valence-corrected chi connectivity index (χ1v) is 7.72. The van der Waals surface area contributed by atoms with Gasteiger partial charge in [-0.1, -0.05) is 55.8 Å². The lowest BCUT2D eigenvalue weighted by atomic mass is 9.81. The Bertz CT molecular complexity index is 423. The highest BCUT2D eigenvalue weighted by atomic mass is 79.9. The minimum absolute atomic E-state index is 0.356. The Morgan fingerprint density at radius 3 is 2.78 bits per heavy atom. The van der Waals surface area contributed by atoms with Gasteiger partial charge in [0.2, 0.25) is 0 Å². The van der Waals surface area contributed by atoms with Gasteiger partial charge in [-0.15, -0.1) is 0 Å². The van der Waals surface area contributed by atoms with Gasteiger partial charge in [-0.2, -0.15) is 0 Å². The third kappa shape index (κ3) is 2.80. The van der Waals surface area contributed by atoms with Crippen molar-refractivity contribution in [2.24, 2.45) is 11.3 Å². The molecule has 0 amide bonds. The Hall–Kier alpha value is -0.340. The molecule has 0 heterocycles. The van der Waals surface area contributed by atoms with E-state index in [-0.39, 0.29) is 0 Å². The largest absolute Gasteiger partial charge is 0.309 e. The van der Waals surface area contributed by atoms with Gasteiger partial charge in [-0.3, -0.25) is 0 Å². The zero-order chi connectivity index (χ0) is 13.3. The molecule has 1 N–H and O–H groups in total. The molecule has 1 aromatic carbocycles. The van der Waals surface area contributed by atoms with Crippen molar-refractivity contribution in [1.82, 2.24) is 5.32 Å². The molecular weight excluding hydrogens is 286 g/mol. The van der Waals surface area contributed by atoms with E-state index in [9.17, 15) is 0 Å². The highest BCUT2D eigenvalue weighted by Crippen LogP contribution is 2.36. The first-order valence-electron chi connectivity index (χ1n) is 6.92. The molecule has 1 nitrogen and oxygen atoms in total. The number of rotatable bonds is 4. The summed E-state index contributed by atoms with van der Waals surface area (Å²) in [6.45, 7) is 10.4. The fourth-order valence-electron chi connectivity index (χ4n) is 2.41. The Kier molecular flexibility index (Phi) is 4.18. The van der Waals surface area contributed by atoms with Crippen molar-refractivity contribution < 1.29 is 0 Å². The molecule has 0 bridgehead atoms. The van der Waals surface area contributed by atoms with Crippen molar-refractivity contribution >= 4 is 15.9 Å². The van der Waals surface area contributed by atoms with Gasteiger partial charge in [0.15, 0.2) is 0 Å². The SMILES string of the molecule is CC(C)C(C)(C)CNC1CCc2c(Br)cccc21.